The zero-order valence-electron chi connectivity index (χ0n) is 15.1. The van der Waals surface area contributed by atoms with Gasteiger partial charge in [-0.3, -0.25) is 0 Å². The summed E-state index contributed by atoms with van der Waals surface area (Å²) in [6.07, 6.45) is 3.21. The minimum absolute atomic E-state index is 0.106. The Bertz CT molecular complexity index is 967. The number of rotatable bonds is 7. The minimum Gasteiger partial charge on any atom is -0.505 e. The van der Waals surface area contributed by atoms with Gasteiger partial charge in [0.2, 0.25) is 0 Å². The summed E-state index contributed by atoms with van der Waals surface area (Å²) in [4.78, 5) is 16.5. The molecule has 0 unspecified atom stereocenters. The molecular weight excluding hydrogens is 342 g/mol. The molecule has 1 heterocycles. The van der Waals surface area contributed by atoms with Gasteiger partial charge in [0.05, 0.1) is 12.3 Å². The summed E-state index contributed by atoms with van der Waals surface area (Å²) in [7, 11) is 0. The number of unbranched alkanes of at least 4 members (excludes halogenated alkanes) is 1. The van der Waals surface area contributed by atoms with Crippen LogP contribution in [0.4, 0.5) is 0 Å². The number of pyridine rings is 1. The van der Waals surface area contributed by atoms with E-state index < -0.39 is 5.97 Å². The highest BCUT2D eigenvalue weighted by Crippen LogP contribution is 2.34. The van der Waals surface area contributed by atoms with E-state index in [1.54, 1.807) is 18.2 Å². The fourth-order valence-corrected chi connectivity index (χ4v) is 2.67. The Morgan fingerprint density at radius 3 is 2.63 bits per heavy atom. The van der Waals surface area contributed by atoms with Crippen molar-refractivity contribution in [2.75, 3.05) is 6.61 Å². The van der Waals surface area contributed by atoms with E-state index in [1.807, 2.05) is 37.3 Å². The molecule has 5 nitrogen and oxygen atoms in total. The zero-order valence-corrected chi connectivity index (χ0v) is 15.1. The molecule has 0 radical (unpaired) electrons. The average Bonchev–Trinajstić information content (AvgIpc) is 2.69. The van der Waals surface area contributed by atoms with Gasteiger partial charge in [-0.15, -0.1) is 0 Å². The maximum atomic E-state index is 12.3. The summed E-state index contributed by atoms with van der Waals surface area (Å²) in [5.41, 5.74) is 0.369. The lowest BCUT2D eigenvalue weighted by Crippen LogP contribution is -2.10. The third kappa shape index (κ3) is 4.08. The van der Waals surface area contributed by atoms with Crippen molar-refractivity contribution in [2.45, 2.75) is 19.8 Å². The maximum Gasteiger partial charge on any atom is 0.360 e. The Hall–Kier alpha value is -3.34. The molecule has 5 heteroatoms. The quantitative estimate of drug-likeness (QED) is 0.454. The molecule has 0 bridgehead atoms. The number of hydrogen-bond acceptors (Lipinski definition) is 5. The summed E-state index contributed by atoms with van der Waals surface area (Å²) < 4.78 is 11.0. The summed E-state index contributed by atoms with van der Waals surface area (Å²) in [5.74, 6) is 0.445. The molecule has 3 aromatic rings. The Balaban J connectivity index is 1.98. The van der Waals surface area contributed by atoms with Crippen molar-refractivity contribution in [1.82, 2.24) is 4.98 Å². The number of ether oxygens (including phenoxy) is 2. The monoisotopic (exact) mass is 363 g/mol. The minimum atomic E-state index is -0.643. The van der Waals surface area contributed by atoms with Crippen LogP contribution in [-0.4, -0.2) is 22.7 Å². The molecule has 0 amide bonds. The van der Waals surface area contributed by atoms with Gasteiger partial charge in [0.15, 0.2) is 11.4 Å². The van der Waals surface area contributed by atoms with Crippen LogP contribution in [-0.2, 0) is 4.74 Å². The van der Waals surface area contributed by atoms with Gasteiger partial charge >= 0.3 is 5.97 Å². The van der Waals surface area contributed by atoms with Gasteiger partial charge in [-0.2, -0.15) is 0 Å². The van der Waals surface area contributed by atoms with Crippen LogP contribution in [0.15, 0.2) is 55.1 Å². The fraction of sp³-hybridized carbons (Fsp3) is 0.182. The number of carbonyl (C=O) groups is 1. The number of benzene rings is 2. The molecule has 138 valence electrons. The first-order valence-corrected chi connectivity index (χ1v) is 8.83. The Labute approximate surface area is 157 Å². The predicted molar refractivity (Wildman–Crippen MR) is 105 cm³/mol. The van der Waals surface area contributed by atoms with Gasteiger partial charge in [-0.25, -0.2) is 9.78 Å². The smallest absolute Gasteiger partial charge is 0.360 e. The second-order valence-electron chi connectivity index (χ2n) is 6.01. The number of aromatic nitrogens is 1. The lowest BCUT2D eigenvalue weighted by molar-refractivity contribution is 0.0489. The normalized spacial score (nSPS) is 10.6. The third-order valence-corrected chi connectivity index (χ3v) is 4.08. The standard InChI is InChI=1S/C22H21NO4/c1-3-5-13-26-22(25)20-21(24)17-12-11-16(14-18(17)19(4-2)23-20)27-15-9-7-6-8-10-15/h4,6-12,14,24H,2-3,5,13H2,1H3. The van der Waals surface area contributed by atoms with Crippen molar-refractivity contribution in [3.8, 4) is 17.2 Å². The molecule has 0 aliphatic heterocycles. The van der Waals surface area contributed by atoms with E-state index >= 15 is 0 Å². The Morgan fingerprint density at radius 1 is 1.15 bits per heavy atom. The molecular formula is C22H21NO4. The van der Waals surface area contributed by atoms with E-state index in [0.29, 0.717) is 34.6 Å². The molecule has 1 N–H and O–H groups in total. The highest BCUT2D eigenvalue weighted by molar-refractivity contribution is 6.02. The van der Waals surface area contributed by atoms with Crippen molar-refractivity contribution in [1.29, 1.82) is 0 Å². The molecule has 0 atom stereocenters. The molecule has 2 aromatic carbocycles. The van der Waals surface area contributed by atoms with Gasteiger partial charge in [0, 0.05) is 10.8 Å². The van der Waals surface area contributed by atoms with E-state index in [0.717, 1.165) is 12.8 Å². The molecule has 0 fully saturated rings. The summed E-state index contributed by atoms with van der Waals surface area (Å²) in [6.45, 7) is 6.06. The van der Waals surface area contributed by atoms with Gasteiger partial charge in [0.25, 0.3) is 0 Å². The lowest BCUT2D eigenvalue weighted by Gasteiger charge is -2.12. The first kappa shape index (κ1) is 18.5. The van der Waals surface area contributed by atoms with Crippen LogP contribution in [0.1, 0.15) is 35.9 Å². The molecule has 1 aromatic heterocycles. The molecule has 0 aliphatic carbocycles. The summed E-state index contributed by atoms with van der Waals surface area (Å²) in [5, 5.41) is 11.7. The van der Waals surface area contributed by atoms with Crippen LogP contribution in [0.25, 0.3) is 16.8 Å². The zero-order chi connectivity index (χ0) is 19.2. The van der Waals surface area contributed by atoms with Crippen LogP contribution >= 0.6 is 0 Å². The van der Waals surface area contributed by atoms with Crippen molar-refractivity contribution in [2.24, 2.45) is 0 Å². The van der Waals surface area contributed by atoms with Gasteiger partial charge in [-0.1, -0.05) is 38.1 Å². The van der Waals surface area contributed by atoms with Crippen LogP contribution in [0.5, 0.6) is 17.2 Å². The highest BCUT2D eigenvalue weighted by atomic mass is 16.5. The first-order chi connectivity index (χ1) is 13.1. The van der Waals surface area contributed by atoms with Crippen LogP contribution in [0, 0.1) is 0 Å². The first-order valence-electron chi connectivity index (χ1n) is 8.83. The number of hydrogen-bond donors (Lipinski definition) is 1. The van der Waals surface area contributed by atoms with E-state index in [2.05, 4.69) is 11.6 Å². The van der Waals surface area contributed by atoms with Crippen LogP contribution in [0.3, 0.4) is 0 Å². The second kappa shape index (κ2) is 8.36. The maximum absolute atomic E-state index is 12.3. The van der Waals surface area contributed by atoms with Crippen molar-refractivity contribution < 1.29 is 19.4 Å². The lowest BCUT2D eigenvalue weighted by atomic mass is 10.1. The number of nitrogens with zero attached hydrogens (tertiary/aromatic N) is 1. The molecule has 0 saturated heterocycles. The third-order valence-electron chi connectivity index (χ3n) is 4.08. The number of para-hydroxylation sites is 1. The predicted octanol–water partition coefficient (Wildman–Crippen LogP) is 5.33. The topological polar surface area (TPSA) is 68.7 Å². The van der Waals surface area contributed by atoms with Gasteiger partial charge < -0.3 is 14.6 Å². The van der Waals surface area contributed by atoms with Crippen molar-refractivity contribution >= 4 is 22.8 Å². The van der Waals surface area contributed by atoms with E-state index in [-0.39, 0.29) is 11.4 Å². The van der Waals surface area contributed by atoms with Gasteiger partial charge in [0.1, 0.15) is 11.5 Å². The number of carbonyl (C=O) groups excluding carboxylic acids is 1. The van der Waals surface area contributed by atoms with Crippen LogP contribution in [0.2, 0.25) is 0 Å². The number of esters is 1. The SMILES string of the molecule is C=Cc1nc(C(=O)OCCCC)c(O)c2ccc(Oc3ccccc3)cc12. The van der Waals surface area contributed by atoms with E-state index in [1.165, 1.54) is 6.08 Å². The summed E-state index contributed by atoms with van der Waals surface area (Å²) >= 11 is 0. The van der Waals surface area contributed by atoms with E-state index in [9.17, 15) is 9.90 Å². The molecule has 3 rings (SSSR count). The van der Waals surface area contributed by atoms with Crippen molar-refractivity contribution in [3.63, 3.8) is 0 Å². The average molecular weight is 363 g/mol. The molecule has 0 saturated carbocycles. The Kier molecular flexibility index (Phi) is 5.71. The van der Waals surface area contributed by atoms with Gasteiger partial charge in [-0.05, 0) is 42.8 Å². The fourth-order valence-electron chi connectivity index (χ4n) is 2.67. The molecule has 0 spiro atoms. The molecule has 0 aliphatic rings. The van der Waals surface area contributed by atoms with Crippen molar-refractivity contribution in [3.05, 3.63) is 66.5 Å². The number of fused-ring (bicyclic) bond motifs is 1. The second-order valence-corrected chi connectivity index (χ2v) is 6.01. The highest BCUT2D eigenvalue weighted by Gasteiger charge is 2.20. The Morgan fingerprint density at radius 2 is 1.93 bits per heavy atom. The number of aromatic hydroxyl groups is 1. The van der Waals surface area contributed by atoms with Crippen LogP contribution < -0.4 is 4.74 Å². The molecule has 27 heavy (non-hydrogen) atoms. The summed E-state index contributed by atoms with van der Waals surface area (Å²) in [6, 6.07) is 14.6. The van der Waals surface area contributed by atoms with E-state index in [4.69, 9.17) is 9.47 Å². The largest absolute Gasteiger partial charge is 0.505 e.